The maximum Gasteiger partial charge on any atom is 0.261 e. The number of nitrogens with zero attached hydrogens (tertiary/aromatic N) is 1. The summed E-state index contributed by atoms with van der Waals surface area (Å²) in [6.45, 7) is 0.615. The number of fused-ring (bicyclic) bond motifs is 1. The van der Waals surface area contributed by atoms with Crippen LogP contribution >= 0.6 is 11.3 Å². The third kappa shape index (κ3) is 3.04. The normalized spacial score (nSPS) is 13.9. The second kappa shape index (κ2) is 6.32. The number of aryl methyl sites for hydroxylation is 1. The molecule has 22 heavy (non-hydrogen) atoms. The molecule has 0 fully saturated rings. The van der Waals surface area contributed by atoms with Gasteiger partial charge in [0.25, 0.3) is 5.91 Å². The summed E-state index contributed by atoms with van der Waals surface area (Å²) in [5.74, 6) is 0.154. The lowest BCUT2D eigenvalue weighted by Crippen LogP contribution is -2.31. The van der Waals surface area contributed by atoms with E-state index in [0.717, 1.165) is 23.4 Å². The van der Waals surface area contributed by atoms with Crippen molar-refractivity contribution >= 4 is 28.8 Å². The summed E-state index contributed by atoms with van der Waals surface area (Å²) in [7, 11) is 1.82. The lowest BCUT2D eigenvalue weighted by molar-refractivity contribution is -0.118. The number of benzene rings is 1. The Morgan fingerprint density at radius 2 is 2.18 bits per heavy atom. The highest BCUT2D eigenvalue weighted by molar-refractivity contribution is 7.12. The standard InChI is InChI=1S/C17H18N2O2S/c1-19-14-6-4-12(11-13(14)5-7-16(19)20)8-9-18-17(21)15-3-2-10-22-15/h2-4,6,10-11H,5,7-9H2,1H3,(H,18,21). The van der Waals surface area contributed by atoms with Gasteiger partial charge in [-0.05, 0) is 41.5 Å². The van der Waals surface area contributed by atoms with Crippen molar-refractivity contribution in [2.75, 3.05) is 18.5 Å². The molecule has 2 heterocycles. The molecule has 5 heteroatoms. The van der Waals surface area contributed by atoms with Gasteiger partial charge in [-0.25, -0.2) is 0 Å². The van der Waals surface area contributed by atoms with Gasteiger partial charge in [0.1, 0.15) is 0 Å². The van der Waals surface area contributed by atoms with Crippen LogP contribution in [-0.4, -0.2) is 25.4 Å². The van der Waals surface area contributed by atoms with Crippen molar-refractivity contribution in [2.24, 2.45) is 0 Å². The fourth-order valence-electron chi connectivity index (χ4n) is 2.68. The van der Waals surface area contributed by atoms with Gasteiger partial charge in [0.15, 0.2) is 0 Å². The van der Waals surface area contributed by atoms with E-state index in [1.54, 1.807) is 4.90 Å². The number of carbonyl (C=O) groups excluding carboxylic acids is 2. The van der Waals surface area contributed by atoms with E-state index >= 15 is 0 Å². The molecular weight excluding hydrogens is 296 g/mol. The molecule has 1 aromatic carbocycles. The molecule has 0 saturated carbocycles. The van der Waals surface area contributed by atoms with E-state index in [2.05, 4.69) is 11.4 Å². The first-order valence-corrected chi connectivity index (χ1v) is 8.23. The minimum Gasteiger partial charge on any atom is -0.351 e. The molecule has 0 atom stereocenters. The minimum absolute atomic E-state index is 0.0155. The number of hydrogen-bond acceptors (Lipinski definition) is 3. The number of hydrogen-bond donors (Lipinski definition) is 1. The van der Waals surface area contributed by atoms with Crippen LogP contribution in [0.5, 0.6) is 0 Å². The first-order chi connectivity index (χ1) is 10.6. The van der Waals surface area contributed by atoms with Gasteiger partial charge in [-0.1, -0.05) is 18.2 Å². The predicted molar refractivity (Wildman–Crippen MR) is 88.5 cm³/mol. The van der Waals surface area contributed by atoms with Crippen molar-refractivity contribution in [2.45, 2.75) is 19.3 Å². The molecule has 1 N–H and O–H groups in total. The van der Waals surface area contributed by atoms with Crippen LogP contribution in [0.2, 0.25) is 0 Å². The fourth-order valence-corrected chi connectivity index (χ4v) is 3.32. The maximum absolute atomic E-state index is 11.9. The average Bonchev–Trinajstić information content (AvgIpc) is 3.05. The van der Waals surface area contributed by atoms with Crippen LogP contribution in [0.15, 0.2) is 35.7 Å². The Kier molecular flexibility index (Phi) is 4.24. The highest BCUT2D eigenvalue weighted by Crippen LogP contribution is 2.27. The van der Waals surface area contributed by atoms with Crippen LogP contribution in [0.4, 0.5) is 5.69 Å². The third-order valence-electron chi connectivity index (χ3n) is 3.93. The van der Waals surface area contributed by atoms with Crippen LogP contribution < -0.4 is 10.2 Å². The topological polar surface area (TPSA) is 49.4 Å². The van der Waals surface area contributed by atoms with Crippen molar-refractivity contribution in [3.05, 3.63) is 51.7 Å². The molecule has 1 aliphatic rings. The fraction of sp³-hybridized carbons (Fsp3) is 0.294. The van der Waals surface area contributed by atoms with Gasteiger partial charge in [0, 0.05) is 25.7 Å². The summed E-state index contributed by atoms with van der Waals surface area (Å²) in [6, 6.07) is 9.89. The van der Waals surface area contributed by atoms with Crippen LogP contribution in [0.25, 0.3) is 0 Å². The highest BCUT2D eigenvalue weighted by atomic mass is 32.1. The number of carbonyl (C=O) groups is 2. The van der Waals surface area contributed by atoms with Gasteiger partial charge in [-0.15, -0.1) is 11.3 Å². The van der Waals surface area contributed by atoms with Gasteiger partial charge >= 0.3 is 0 Å². The first kappa shape index (κ1) is 14.8. The average molecular weight is 314 g/mol. The van der Waals surface area contributed by atoms with Crippen LogP contribution in [-0.2, 0) is 17.6 Å². The molecule has 0 saturated heterocycles. The zero-order valence-electron chi connectivity index (χ0n) is 12.5. The Hall–Kier alpha value is -2.14. The molecule has 4 nitrogen and oxygen atoms in total. The molecule has 2 amide bonds. The molecule has 0 spiro atoms. The summed E-state index contributed by atoms with van der Waals surface area (Å²) < 4.78 is 0. The number of thiophene rings is 1. The number of anilines is 1. The Morgan fingerprint density at radius 3 is 2.95 bits per heavy atom. The van der Waals surface area contributed by atoms with Crippen molar-refractivity contribution in [3.63, 3.8) is 0 Å². The molecular formula is C17H18N2O2S. The van der Waals surface area contributed by atoms with Crippen LogP contribution in [0.3, 0.4) is 0 Å². The Labute approximate surface area is 133 Å². The zero-order valence-corrected chi connectivity index (χ0v) is 13.3. The van der Waals surface area contributed by atoms with E-state index in [4.69, 9.17) is 0 Å². The third-order valence-corrected chi connectivity index (χ3v) is 4.80. The summed E-state index contributed by atoms with van der Waals surface area (Å²) in [6.07, 6.45) is 2.16. The molecule has 0 unspecified atom stereocenters. The summed E-state index contributed by atoms with van der Waals surface area (Å²) in [5.41, 5.74) is 3.40. The van der Waals surface area contributed by atoms with Crippen LogP contribution in [0, 0.1) is 0 Å². The van der Waals surface area contributed by atoms with Crippen LogP contribution in [0.1, 0.15) is 27.2 Å². The second-order valence-corrected chi connectivity index (χ2v) is 6.35. The lowest BCUT2D eigenvalue weighted by Gasteiger charge is -2.26. The Balaban J connectivity index is 1.60. The monoisotopic (exact) mass is 314 g/mol. The maximum atomic E-state index is 11.9. The lowest BCUT2D eigenvalue weighted by atomic mass is 9.98. The van der Waals surface area contributed by atoms with E-state index < -0.39 is 0 Å². The van der Waals surface area contributed by atoms with Gasteiger partial charge in [-0.3, -0.25) is 9.59 Å². The molecule has 1 aromatic heterocycles. The van der Waals surface area contributed by atoms with Crippen molar-refractivity contribution < 1.29 is 9.59 Å². The SMILES string of the molecule is CN1C(=O)CCc2cc(CCNC(=O)c3cccs3)ccc21. The highest BCUT2D eigenvalue weighted by Gasteiger charge is 2.20. The van der Waals surface area contributed by atoms with Gasteiger partial charge in [0.2, 0.25) is 5.91 Å². The van der Waals surface area contributed by atoms with E-state index in [1.165, 1.54) is 22.5 Å². The minimum atomic E-state index is -0.0155. The number of amides is 2. The molecule has 0 radical (unpaired) electrons. The second-order valence-electron chi connectivity index (χ2n) is 5.40. The number of nitrogens with one attached hydrogen (secondary N) is 1. The van der Waals surface area contributed by atoms with E-state index in [0.29, 0.717) is 13.0 Å². The zero-order chi connectivity index (χ0) is 15.5. The van der Waals surface area contributed by atoms with E-state index in [9.17, 15) is 9.59 Å². The molecule has 0 aliphatic carbocycles. The Morgan fingerprint density at radius 1 is 1.32 bits per heavy atom. The molecule has 1 aliphatic heterocycles. The first-order valence-electron chi connectivity index (χ1n) is 7.35. The van der Waals surface area contributed by atoms with E-state index in [1.807, 2.05) is 36.7 Å². The summed E-state index contributed by atoms with van der Waals surface area (Å²) in [4.78, 5) is 26.0. The number of rotatable bonds is 4. The van der Waals surface area contributed by atoms with Crippen molar-refractivity contribution in [1.29, 1.82) is 0 Å². The van der Waals surface area contributed by atoms with E-state index in [-0.39, 0.29) is 11.8 Å². The van der Waals surface area contributed by atoms with Gasteiger partial charge in [-0.2, -0.15) is 0 Å². The summed E-state index contributed by atoms with van der Waals surface area (Å²) in [5, 5.41) is 4.84. The molecule has 114 valence electrons. The van der Waals surface area contributed by atoms with Crippen molar-refractivity contribution in [3.8, 4) is 0 Å². The molecule has 2 aromatic rings. The quantitative estimate of drug-likeness (QED) is 0.943. The van der Waals surface area contributed by atoms with Gasteiger partial charge < -0.3 is 10.2 Å². The van der Waals surface area contributed by atoms with Crippen molar-refractivity contribution in [1.82, 2.24) is 5.32 Å². The smallest absolute Gasteiger partial charge is 0.261 e. The molecule has 0 bridgehead atoms. The summed E-state index contributed by atoms with van der Waals surface area (Å²) >= 11 is 1.45. The Bertz CT molecular complexity index is 695. The molecule has 3 rings (SSSR count). The largest absolute Gasteiger partial charge is 0.351 e. The van der Waals surface area contributed by atoms with Gasteiger partial charge in [0.05, 0.1) is 4.88 Å². The predicted octanol–water partition coefficient (Wildman–Crippen LogP) is 2.63.